The first kappa shape index (κ1) is 21.2. The molecule has 1 N–H and O–H groups in total. The predicted molar refractivity (Wildman–Crippen MR) is 136 cm³/mol. The molecule has 3 heterocycles. The Kier molecular flexibility index (Phi) is 5.60. The topological polar surface area (TPSA) is 42.3 Å². The van der Waals surface area contributed by atoms with Crippen molar-refractivity contribution in [2.24, 2.45) is 0 Å². The van der Waals surface area contributed by atoms with Crippen LogP contribution < -0.4 is 15.0 Å². The van der Waals surface area contributed by atoms with Crippen molar-refractivity contribution in [1.82, 2.24) is 14.9 Å². The van der Waals surface area contributed by atoms with Crippen molar-refractivity contribution in [3.05, 3.63) is 108 Å². The number of methoxy groups -OCH3 is 1. The molecule has 0 bridgehead atoms. The van der Waals surface area contributed by atoms with Gasteiger partial charge < -0.3 is 19.5 Å². The number of thiocarbonyl (C=S) groups is 1. The van der Waals surface area contributed by atoms with E-state index in [0.717, 1.165) is 22.8 Å². The molecule has 0 aliphatic carbocycles. The maximum atomic E-state index is 5.89. The second kappa shape index (κ2) is 8.71. The zero-order valence-corrected chi connectivity index (χ0v) is 19.7. The molecule has 2 unspecified atom stereocenters. The summed E-state index contributed by atoms with van der Waals surface area (Å²) in [4.78, 5) is 6.84. The molecule has 2 atom stereocenters. The molecule has 4 aromatic rings. The Morgan fingerprint density at radius 3 is 2.39 bits per heavy atom. The van der Waals surface area contributed by atoms with Gasteiger partial charge in [-0.2, -0.15) is 0 Å². The molecule has 5 rings (SSSR count). The molecule has 0 saturated carbocycles. The van der Waals surface area contributed by atoms with Crippen molar-refractivity contribution in [3.63, 3.8) is 0 Å². The summed E-state index contributed by atoms with van der Waals surface area (Å²) < 4.78 is 8.01. The van der Waals surface area contributed by atoms with E-state index in [1.165, 1.54) is 17.0 Å². The number of hydrogen-bond acceptors (Lipinski definition) is 3. The van der Waals surface area contributed by atoms with Crippen LogP contribution in [0.1, 0.15) is 34.7 Å². The molecule has 0 radical (unpaired) electrons. The third kappa shape index (κ3) is 3.66. The van der Waals surface area contributed by atoms with Crippen LogP contribution in [0, 0.1) is 13.8 Å². The van der Waals surface area contributed by atoms with Crippen LogP contribution in [0.3, 0.4) is 0 Å². The number of pyridine rings is 1. The smallest absolute Gasteiger partial charge is 0.174 e. The van der Waals surface area contributed by atoms with E-state index in [2.05, 4.69) is 76.1 Å². The van der Waals surface area contributed by atoms with Crippen LogP contribution in [-0.2, 0) is 0 Å². The fourth-order valence-corrected chi connectivity index (χ4v) is 5.16. The van der Waals surface area contributed by atoms with E-state index in [1.54, 1.807) is 7.11 Å². The third-order valence-corrected chi connectivity index (χ3v) is 6.56. The molecule has 0 spiro atoms. The number of aromatic nitrogens is 2. The Balaban J connectivity index is 1.71. The first-order valence-electron chi connectivity index (χ1n) is 11.0. The number of nitrogens with one attached hydrogen (secondary N) is 1. The summed E-state index contributed by atoms with van der Waals surface area (Å²) in [6.45, 7) is 4.32. The van der Waals surface area contributed by atoms with Crippen molar-refractivity contribution >= 4 is 23.0 Å². The highest BCUT2D eigenvalue weighted by Gasteiger charge is 2.43. The van der Waals surface area contributed by atoms with Gasteiger partial charge in [0.25, 0.3) is 0 Å². The summed E-state index contributed by atoms with van der Waals surface area (Å²) in [5.74, 6) is 0.783. The summed E-state index contributed by atoms with van der Waals surface area (Å²) in [6.07, 6.45) is 1.83. The number of anilines is 1. The molecule has 1 aliphatic rings. The zero-order chi connectivity index (χ0) is 22.9. The first-order chi connectivity index (χ1) is 16.1. The summed E-state index contributed by atoms with van der Waals surface area (Å²) in [5.41, 5.74) is 6.58. The number of para-hydroxylation sites is 3. The van der Waals surface area contributed by atoms with Gasteiger partial charge in [-0.15, -0.1) is 0 Å². The SMILES string of the molecule is COc1ccccc1N1C(=S)NC(c2ccccn2)C1c1cc(C)n(-c2ccccc2)c1C. The maximum absolute atomic E-state index is 5.89. The van der Waals surface area contributed by atoms with E-state index in [9.17, 15) is 0 Å². The standard InChI is InChI=1S/C27H26N4OS/c1-18-17-21(19(2)30(18)20-11-5-4-6-12-20)26-25(22-13-9-10-16-28-22)29-27(33)31(26)23-14-7-8-15-24(23)32-3/h4-17,25-26H,1-3H3,(H,29,33). The molecule has 0 amide bonds. The van der Waals surface area contributed by atoms with Crippen LogP contribution in [0.25, 0.3) is 5.69 Å². The molecule has 5 nitrogen and oxygen atoms in total. The summed E-state index contributed by atoms with van der Waals surface area (Å²) in [7, 11) is 1.69. The normalized spacial score (nSPS) is 17.8. The highest BCUT2D eigenvalue weighted by Crippen LogP contribution is 2.46. The van der Waals surface area contributed by atoms with Gasteiger partial charge in [-0.1, -0.05) is 36.4 Å². The summed E-state index contributed by atoms with van der Waals surface area (Å²) in [6, 6.07) is 26.5. The van der Waals surface area contributed by atoms with Crippen molar-refractivity contribution in [2.45, 2.75) is 25.9 Å². The van der Waals surface area contributed by atoms with Crippen LogP contribution in [-0.4, -0.2) is 21.8 Å². The Labute approximate surface area is 199 Å². The van der Waals surface area contributed by atoms with Crippen LogP contribution in [0.15, 0.2) is 85.1 Å². The average Bonchev–Trinajstić information content (AvgIpc) is 3.35. The number of aryl methyl sites for hydroxylation is 1. The zero-order valence-electron chi connectivity index (χ0n) is 18.9. The van der Waals surface area contributed by atoms with E-state index >= 15 is 0 Å². The van der Waals surface area contributed by atoms with Gasteiger partial charge in [0.05, 0.1) is 30.6 Å². The molecule has 1 fully saturated rings. The minimum atomic E-state index is -0.103. The van der Waals surface area contributed by atoms with Gasteiger partial charge in [0.15, 0.2) is 5.11 Å². The van der Waals surface area contributed by atoms with E-state index in [4.69, 9.17) is 17.0 Å². The monoisotopic (exact) mass is 454 g/mol. The predicted octanol–water partition coefficient (Wildman–Crippen LogP) is 5.67. The summed E-state index contributed by atoms with van der Waals surface area (Å²) >= 11 is 5.89. The number of nitrogens with zero attached hydrogens (tertiary/aromatic N) is 3. The van der Waals surface area contributed by atoms with E-state index < -0.39 is 0 Å². The molecular weight excluding hydrogens is 428 g/mol. The molecule has 1 aliphatic heterocycles. The molecule has 166 valence electrons. The fraction of sp³-hybridized carbons (Fsp3) is 0.185. The Morgan fingerprint density at radius 1 is 0.939 bits per heavy atom. The van der Waals surface area contributed by atoms with Gasteiger partial charge in [-0.3, -0.25) is 4.98 Å². The molecule has 6 heteroatoms. The van der Waals surface area contributed by atoms with Gasteiger partial charge in [-0.25, -0.2) is 0 Å². The van der Waals surface area contributed by atoms with Crippen molar-refractivity contribution < 1.29 is 4.74 Å². The van der Waals surface area contributed by atoms with Gasteiger partial charge in [-0.05, 0) is 74.1 Å². The highest BCUT2D eigenvalue weighted by atomic mass is 32.1. The molecular formula is C27H26N4OS. The van der Waals surface area contributed by atoms with E-state index in [1.807, 2.05) is 42.6 Å². The second-order valence-corrected chi connectivity index (χ2v) is 8.55. The summed E-state index contributed by atoms with van der Waals surface area (Å²) in [5, 5.41) is 4.20. The molecule has 2 aromatic carbocycles. The van der Waals surface area contributed by atoms with Crippen LogP contribution >= 0.6 is 12.2 Å². The van der Waals surface area contributed by atoms with Gasteiger partial charge >= 0.3 is 0 Å². The second-order valence-electron chi connectivity index (χ2n) is 8.17. The van der Waals surface area contributed by atoms with Crippen LogP contribution in [0.2, 0.25) is 0 Å². The molecule has 33 heavy (non-hydrogen) atoms. The lowest BCUT2D eigenvalue weighted by molar-refractivity contribution is 0.414. The minimum absolute atomic E-state index is 0.0904. The Hall–Kier alpha value is -3.64. The van der Waals surface area contributed by atoms with Crippen molar-refractivity contribution in [1.29, 1.82) is 0 Å². The lowest BCUT2D eigenvalue weighted by Crippen LogP contribution is -2.30. The molecule has 2 aromatic heterocycles. The minimum Gasteiger partial charge on any atom is -0.495 e. The first-order valence-corrected chi connectivity index (χ1v) is 11.4. The average molecular weight is 455 g/mol. The number of ether oxygens (including phenoxy) is 1. The van der Waals surface area contributed by atoms with Crippen LogP contribution in [0.4, 0.5) is 5.69 Å². The highest BCUT2D eigenvalue weighted by molar-refractivity contribution is 7.80. The quantitative estimate of drug-likeness (QED) is 0.393. The van der Waals surface area contributed by atoms with E-state index in [0.29, 0.717) is 5.11 Å². The Morgan fingerprint density at radius 2 is 1.67 bits per heavy atom. The molecule has 1 saturated heterocycles. The van der Waals surface area contributed by atoms with Gasteiger partial charge in [0, 0.05) is 23.3 Å². The lowest BCUT2D eigenvalue weighted by Gasteiger charge is -2.29. The van der Waals surface area contributed by atoms with Crippen LogP contribution in [0.5, 0.6) is 5.75 Å². The van der Waals surface area contributed by atoms with Crippen molar-refractivity contribution in [3.8, 4) is 11.4 Å². The van der Waals surface area contributed by atoms with Gasteiger partial charge in [0.2, 0.25) is 0 Å². The number of benzene rings is 2. The maximum Gasteiger partial charge on any atom is 0.174 e. The van der Waals surface area contributed by atoms with Gasteiger partial charge in [0.1, 0.15) is 5.75 Å². The lowest BCUT2D eigenvalue weighted by atomic mass is 9.96. The Bertz CT molecular complexity index is 1290. The number of hydrogen-bond donors (Lipinski definition) is 1. The largest absolute Gasteiger partial charge is 0.495 e. The van der Waals surface area contributed by atoms with E-state index in [-0.39, 0.29) is 12.1 Å². The van der Waals surface area contributed by atoms with Crippen molar-refractivity contribution in [2.75, 3.05) is 12.0 Å². The third-order valence-electron chi connectivity index (χ3n) is 6.25. The number of rotatable bonds is 5. The fourth-order valence-electron chi connectivity index (χ4n) is 4.82.